The van der Waals surface area contributed by atoms with Gasteiger partial charge in [-0.2, -0.15) is 5.10 Å². The molecule has 2 aliphatic rings. The van der Waals surface area contributed by atoms with Crippen molar-refractivity contribution in [2.24, 2.45) is 5.92 Å². The van der Waals surface area contributed by atoms with E-state index in [1.54, 1.807) is 0 Å². The predicted molar refractivity (Wildman–Crippen MR) is 68.3 cm³/mol. The highest BCUT2D eigenvalue weighted by Crippen LogP contribution is 2.18. The Hall–Kier alpha value is -0.940. The minimum Gasteiger partial charge on any atom is -0.396 e. The van der Waals surface area contributed by atoms with Gasteiger partial charge in [0.05, 0.1) is 0 Å². The first-order chi connectivity index (χ1) is 8.85. The summed E-state index contributed by atoms with van der Waals surface area (Å²) in [5.74, 6) is 2.43. The fourth-order valence-corrected chi connectivity index (χ4v) is 2.95. The number of aromatic nitrogens is 3. The van der Waals surface area contributed by atoms with Crippen LogP contribution >= 0.6 is 0 Å². The van der Waals surface area contributed by atoms with Gasteiger partial charge in [0.25, 0.3) is 0 Å². The molecule has 5 heteroatoms. The number of aryl methyl sites for hydroxylation is 1. The molecule has 0 bridgehead atoms. The minimum absolute atomic E-state index is 0.274. The fourth-order valence-electron chi connectivity index (χ4n) is 2.95. The topological polar surface area (TPSA) is 54.2 Å². The third-order valence-electron chi connectivity index (χ3n) is 4.12. The van der Waals surface area contributed by atoms with E-state index in [0.29, 0.717) is 5.92 Å². The van der Waals surface area contributed by atoms with Crippen LogP contribution in [0.25, 0.3) is 0 Å². The lowest BCUT2D eigenvalue weighted by Crippen LogP contribution is -2.22. The Morgan fingerprint density at radius 3 is 2.83 bits per heavy atom. The summed E-state index contributed by atoms with van der Waals surface area (Å²) in [6.07, 6.45) is 5.55. The van der Waals surface area contributed by atoms with Crippen molar-refractivity contribution in [2.45, 2.75) is 38.6 Å². The van der Waals surface area contributed by atoms with Gasteiger partial charge in [-0.3, -0.25) is 0 Å². The molecular formula is C13H22N4O. The molecule has 1 unspecified atom stereocenters. The van der Waals surface area contributed by atoms with Crippen LogP contribution < -0.4 is 0 Å². The van der Waals surface area contributed by atoms with E-state index in [2.05, 4.69) is 15.0 Å². The number of rotatable bonds is 4. The molecule has 0 radical (unpaired) electrons. The van der Waals surface area contributed by atoms with E-state index >= 15 is 0 Å². The molecule has 1 atom stereocenters. The van der Waals surface area contributed by atoms with Gasteiger partial charge in [0.1, 0.15) is 5.82 Å². The largest absolute Gasteiger partial charge is 0.396 e. The lowest BCUT2D eigenvalue weighted by atomic mass is 9.99. The molecule has 0 amide bonds. The third-order valence-corrected chi connectivity index (χ3v) is 4.12. The SMILES string of the molecule is OCC1CCn2nc(CCN3CCCC3)nc2C1. The van der Waals surface area contributed by atoms with Crippen molar-refractivity contribution in [3.63, 3.8) is 0 Å². The number of likely N-dealkylation sites (tertiary alicyclic amines) is 1. The average molecular weight is 250 g/mol. The summed E-state index contributed by atoms with van der Waals surface area (Å²) in [6, 6.07) is 0. The van der Waals surface area contributed by atoms with E-state index in [1.807, 2.05) is 4.68 Å². The highest BCUT2D eigenvalue weighted by molar-refractivity contribution is 4.98. The van der Waals surface area contributed by atoms with Gasteiger partial charge in [-0.1, -0.05) is 0 Å². The second kappa shape index (κ2) is 5.36. The summed E-state index contributed by atoms with van der Waals surface area (Å²) in [7, 11) is 0. The van der Waals surface area contributed by atoms with E-state index in [1.165, 1.54) is 25.9 Å². The van der Waals surface area contributed by atoms with Gasteiger partial charge in [0.2, 0.25) is 0 Å². The normalized spacial score (nSPS) is 24.4. The molecular weight excluding hydrogens is 228 g/mol. The van der Waals surface area contributed by atoms with Crippen LogP contribution in [0.1, 0.15) is 30.9 Å². The fraction of sp³-hybridized carbons (Fsp3) is 0.846. The third kappa shape index (κ3) is 2.57. The quantitative estimate of drug-likeness (QED) is 0.844. The van der Waals surface area contributed by atoms with Gasteiger partial charge in [0.15, 0.2) is 5.82 Å². The molecule has 18 heavy (non-hydrogen) atoms. The van der Waals surface area contributed by atoms with Gasteiger partial charge in [0, 0.05) is 32.5 Å². The van der Waals surface area contributed by atoms with Crippen LogP contribution in [0.15, 0.2) is 0 Å². The summed E-state index contributed by atoms with van der Waals surface area (Å²) < 4.78 is 2.03. The number of hydrogen-bond donors (Lipinski definition) is 1. The van der Waals surface area contributed by atoms with Gasteiger partial charge in [-0.05, 0) is 38.3 Å². The maximum atomic E-state index is 9.21. The van der Waals surface area contributed by atoms with E-state index in [4.69, 9.17) is 0 Å². The molecule has 1 fully saturated rings. The number of hydrogen-bond acceptors (Lipinski definition) is 4. The second-order valence-corrected chi connectivity index (χ2v) is 5.51. The highest BCUT2D eigenvalue weighted by Gasteiger charge is 2.21. The summed E-state index contributed by atoms with van der Waals surface area (Å²) in [5.41, 5.74) is 0. The van der Waals surface area contributed by atoms with Crippen LogP contribution in [-0.2, 0) is 19.4 Å². The number of aliphatic hydroxyl groups is 1. The first-order valence-electron chi connectivity index (χ1n) is 7.11. The van der Waals surface area contributed by atoms with Crippen LogP contribution in [0.2, 0.25) is 0 Å². The smallest absolute Gasteiger partial charge is 0.152 e. The first-order valence-corrected chi connectivity index (χ1v) is 7.11. The zero-order chi connectivity index (χ0) is 12.4. The summed E-state index contributed by atoms with van der Waals surface area (Å²) in [5, 5.41) is 13.8. The molecule has 1 aromatic heterocycles. The molecule has 1 saturated heterocycles. The van der Waals surface area contributed by atoms with E-state index in [9.17, 15) is 5.11 Å². The molecule has 3 heterocycles. The molecule has 0 saturated carbocycles. The van der Waals surface area contributed by atoms with Gasteiger partial charge >= 0.3 is 0 Å². The monoisotopic (exact) mass is 250 g/mol. The van der Waals surface area contributed by atoms with Gasteiger partial charge in [-0.25, -0.2) is 9.67 Å². The van der Waals surface area contributed by atoms with E-state index in [-0.39, 0.29) is 6.61 Å². The second-order valence-electron chi connectivity index (χ2n) is 5.51. The Kier molecular flexibility index (Phi) is 3.61. The number of aliphatic hydroxyl groups excluding tert-OH is 1. The molecule has 100 valence electrons. The molecule has 0 aromatic carbocycles. The van der Waals surface area contributed by atoms with Crippen LogP contribution in [0.5, 0.6) is 0 Å². The highest BCUT2D eigenvalue weighted by atomic mass is 16.3. The maximum Gasteiger partial charge on any atom is 0.152 e. The number of nitrogens with zero attached hydrogens (tertiary/aromatic N) is 4. The van der Waals surface area contributed by atoms with Gasteiger partial charge < -0.3 is 10.0 Å². The van der Waals surface area contributed by atoms with Crippen LogP contribution in [0.4, 0.5) is 0 Å². The Morgan fingerprint density at radius 1 is 1.22 bits per heavy atom. The Balaban J connectivity index is 1.59. The summed E-state index contributed by atoms with van der Waals surface area (Å²) in [6.45, 7) is 4.75. The Bertz CT molecular complexity index is 398. The van der Waals surface area contributed by atoms with Crippen LogP contribution in [0, 0.1) is 5.92 Å². The Morgan fingerprint density at radius 2 is 2.06 bits per heavy atom. The summed E-state index contributed by atoms with van der Waals surface area (Å²) >= 11 is 0. The van der Waals surface area contributed by atoms with E-state index in [0.717, 1.165) is 44.0 Å². The van der Waals surface area contributed by atoms with Crippen molar-refractivity contribution in [3.8, 4) is 0 Å². The first kappa shape index (κ1) is 12.1. The molecule has 1 aromatic rings. The van der Waals surface area contributed by atoms with Crippen molar-refractivity contribution in [1.82, 2.24) is 19.7 Å². The van der Waals surface area contributed by atoms with Crippen molar-refractivity contribution < 1.29 is 5.11 Å². The van der Waals surface area contributed by atoms with Crippen LogP contribution in [-0.4, -0.2) is 51.0 Å². The van der Waals surface area contributed by atoms with Crippen molar-refractivity contribution >= 4 is 0 Å². The van der Waals surface area contributed by atoms with Crippen molar-refractivity contribution in [1.29, 1.82) is 0 Å². The molecule has 0 spiro atoms. The van der Waals surface area contributed by atoms with Crippen LogP contribution in [0.3, 0.4) is 0 Å². The zero-order valence-corrected chi connectivity index (χ0v) is 10.9. The maximum absolute atomic E-state index is 9.21. The predicted octanol–water partition coefficient (Wildman–Crippen LogP) is 0.471. The lowest BCUT2D eigenvalue weighted by Gasteiger charge is -2.19. The molecule has 2 aliphatic heterocycles. The minimum atomic E-state index is 0.274. The molecule has 5 nitrogen and oxygen atoms in total. The summed E-state index contributed by atoms with van der Waals surface area (Å²) in [4.78, 5) is 7.12. The van der Waals surface area contributed by atoms with E-state index < -0.39 is 0 Å². The zero-order valence-electron chi connectivity index (χ0n) is 10.9. The standard InChI is InChI=1S/C13H22N4O/c18-10-11-3-8-17-13(9-11)14-12(15-17)4-7-16-5-1-2-6-16/h11,18H,1-10H2. The molecule has 0 aliphatic carbocycles. The van der Waals surface area contributed by atoms with Gasteiger partial charge in [-0.15, -0.1) is 0 Å². The molecule has 1 N–H and O–H groups in total. The Labute approximate surface area is 108 Å². The van der Waals surface area contributed by atoms with Crippen molar-refractivity contribution in [3.05, 3.63) is 11.6 Å². The lowest BCUT2D eigenvalue weighted by molar-refractivity contribution is 0.196. The van der Waals surface area contributed by atoms with Crippen molar-refractivity contribution in [2.75, 3.05) is 26.2 Å². The molecule has 3 rings (SSSR count). The average Bonchev–Trinajstić information content (AvgIpc) is 3.04. The number of fused-ring (bicyclic) bond motifs is 1.